The first kappa shape index (κ1) is 24.3. The molecule has 2 aliphatic heterocycles. The van der Waals surface area contributed by atoms with Crippen molar-refractivity contribution >= 4 is 29.4 Å². The van der Waals surface area contributed by atoms with Crippen LogP contribution in [0.25, 0.3) is 11.3 Å². The van der Waals surface area contributed by atoms with Crippen molar-refractivity contribution in [1.82, 2.24) is 19.8 Å². The van der Waals surface area contributed by atoms with E-state index in [1.54, 1.807) is 23.6 Å². The molecule has 186 valence electrons. The Morgan fingerprint density at radius 1 is 0.833 bits per heavy atom. The summed E-state index contributed by atoms with van der Waals surface area (Å²) in [7, 11) is 0. The quantitative estimate of drug-likeness (QED) is 0.370. The predicted octanol–water partition coefficient (Wildman–Crippen LogP) is 4.34. The standard InChI is InChI=1S/C28H31N5O2S/c1-21(34)31-15-17-33(18-16-31)27(35)24-11-9-22(10-12-24)20-36-28-29-25(23-7-3-2-4-8-23)19-26(30-28)32-13-5-6-14-32/h2-4,7-12,19H,5-6,13-18,20H2,1H3. The molecule has 2 fully saturated rings. The van der Waals surface area contributed by atoms with Crippen LogP contribution in [0.5, 0.6) is 0 Å². The van der Waals surface area contributed by atoms with Gasteiger partial charge in [-0.2, -0.15) is 0 Å². The van der Waals surface area contributed by atoms with Crippen molar-refractivity contribution in [2.45, 2.75) is 30.7 Å². The van der Waals surface area contributed by atoms with Crippen molar-refractivity contribution in [2.75, 3.05) is 44.2 Å². The average molecular weight is 502 g/mol. The van der Waals surface area contributed by atoms with Crippen LogP contribution in [0.1, 0.15) is 35.7 Å². The average Bonchev–Trinajstić information content (AvgIpc) is 3.48. The molecular weight excluding hydrogens is 470 g/mol. The molecule has 2 aliphatic rings. The summed E-state index contributed by atoms with van der Waals surface area (Å²) in [6.45, 7) is 5.98. The molecule has 0 radical (unpaired) electrons. The van der Waals surface area contributed by atoms with E-state index >= 15 is 0 Å². The zero-order valence-electron chi connectivity index (χ0n) is 20.6. The number of carbonyl (C=O) groups is 2. The van der Waals surface area contributed by atoms with Gasteiger partial charge in [0.05, 0.1) is 5.69 Å². The van der Waals surface area contributed by atoms with E-state index in [4.69, 9.17) is 9.97 Å². The van der Waals surface area contributed by atoms with Gasteiger partial charge in [-0.1, -0.05) is 54.2 Å². The van der Waals surface area contributed by atoms with Gasteiger partial charge in [0.1, 0.15) is 5.82 Å². The van der Waals surface area contributed by atoms with Crippen LogP contribution < -0.4 is 4.90 Å². The molecule has 3 heterocycles. The second-order valence-corrected chi connectivity index (χ2v) is 10.2. The third-order valence-corrected chi connectivity index (χ3v) is 7.69. The molecule has 0 atom stereocenters. The SMILES string of the molecule is CC(=O)N1CCN(C(=O)c2ccc(CSc3nc(-c4ccccc4)cc(N4CCCC4)n3)cc2)CC1. The first-order valence-electron chi connectivity index (χ1n) is 12.5. The lowest BCUT2D eigenvalue weighted by molar-refractivity contribution is -0.130. The van der Waals surface area contributed by atoms with Gasteiger partial charge in [0.15, 0.2) is 5.16 Å². The molecule has 8 heteroatoms. The highest BCUT2D eigenvalue weighted by molar-refractivity contribution is 7.98. The number of amides is 2. The fourth-order valence-corrected chi connectivity index (χ4v) is 5.45. The van der Waals surface area contributed by atoms with Crippen molar-refractivity contribution in [3.63, 3.8) is 0 Å². The number of benzene rings is 2. The fourth-order valence-electron chi connectivity index (χ4n) is 4.64. The lowest BCUT2D eigenvalue weighted by Gasteiger charge is -2.34. The predicted molar refractivity (Wildman–Crippen MR) is 143 cm³/mol. The summed E-state index contributed by atoms with van der Waals surface area (Å²) < 4.78 is 0. The van der Waals surface area contributed by atoms with E-state index in [1.165, 1.54) is 12.8 Å². The fraction of sp³-hybridized carbons (Fsp3) is 0.357. The van der Waals surface area contributed by atoms with Gasteiger partial charge in [-0.05, 0) is 30.5 Å². The highest BCUT2D eigenvalue weighted by atomic mass is 32.2. The minimum Gasteiger partial charge on any atom is -0.356 e. The molecule has 0 spiro atoms. The zero-order chi connectivity index (χ0) is 24.9. The van der Waals surface area contributed by atoms with Gasteiger partial charge >= 0.3 is 0 Å². The van der Waals surface area contributed by atoms with Gasteiger partial charge in [0, 0.05) is 69.1 Å². The highest BCUT2D eigenvalue weighted by Crippen LogP contribution is 2.29. The molecule has 1 aromatic heterocycles. The van der Waals surface area contributed by atoms with E-state index < -0.39 is 0 Å². The molecule has 0 unspecified atom stereocenters. The molecule has 7 nitrogen and oxygen atoms in total. The summed E-state index contributed by atoms with van der Waals surface area (Å²) in [5, 5.41) is 0.766. The van der Waals surface area contributed by atoms with Gasteiger partial charge in [0.25, 0.3) is 5.91 Å². The van der Waals surface area contributed by atoms with Crippen LogP contribution in [0.2, 0.25) is 0 Å². The van der Waals surface area contributed by atoms with Crippen LogP contribution in [0.15, 0.2) is 65.8 Å². The number of nitrogens with zero attached hydrogens (tertiary/aromatic N) is 5. The number of thioether (sulfide) groups is 1. The van der Waals surface area contributed by atoms with Crippen molar-refractivity contribution in [2.24, 2.45) is 0 Å². The molecule has 5 rings (SSSR count). The Hall–Kier alpha value is -3.39. The second kappa shape index (κ2) is 11.1. The van der Waals surface area contributed by atoms with Crippen LogP contribution in [-0.2, 0) is 10.5 Å². The number of hydrogen-bond donors (Lipinski definition) is 0. The first-order valence-corrected chi connectivity index (χ1v) is 13.5. The minimum absolute atomic E-state index is 0.0200. The summed E-state index contributed by atoms with van der Waals surface area (Å²) >= 11 is 1.62. The number of hydrogen-bond acceptors (Lipinski definition) is 6. The van der Waals surface area contributed by atoms with E-state index in [0.29, 0.717) is 31.7 Å². The molecule has 36 heavy (non-hydrogen) atoms. The molecule has 0 N–H and O–H groups in total. The lowest BCUT2D eigenvalue weighted by Crippen LogP contribution is -2.50. The number of aromatic nitrogens is 2. The number of carbonyl (C=O) groups excluding carboxylic acids is 2. The van der Waals surface area contributed by atoms with Gasteiger partial charge in [-0.25, -0.2) is 9.97 Å². The number of piperazine rings is 1. The topological polar surface area (TPSA) is 69.6 Å². The molecule has 3 aromatic rings. The summed E-state index contributed by atoms with van der Waals surface area (Å²) in [4.78, 5) is 40.1. The Labute approximate surface area is 216 Å². The molecule has 0 aliphatic carbocycles. The van der Waals surface area contributed by atoms with Gasteiger partial charge in [-0.15, -0.1) is 0 Å². The van der Waals surface area contributed by atoms with E-state index in [0.717, 1.165) is 46.6 Å². The lowest BCUT2D eigenvalue weighted by atomic mass is 10.1. The summed E-state index contributed by atoms with van der Waals surface area (Å²) in [5.41, 5.74) is 3.84. The van der Waals surface area contributed by atoms with E-state index in [-0.39, 0.29) is 11.8 Å². The Kier molecular flexibility index (Phi) is 7.51. The van der Waals surface area contributed by atoms with Gasteiger partial charge in [-0.3, -0.25) is 9.59 Å². The smallest absolute Gasteiger partial charge is 0.253 e. The van der Waals surface area contributed by atoms with Crippen LogP contribution >= 0.6 is 11.8 Å². The molecule has 2 saturated heterocycles. The Morgan fingerprint density at radius 2 is 1.50 bits per heavy atom. The Balaban J connectivity index is 1.25. The minimum atomic E-state index is 0.0200. The first-order chi connectivity index (χ1) is 17.6. The maximum absolute atomic E-state index is 12.9. The maximum atomic E-state index is 12.9. The number of anilines is 1. The van der Waals surface area contributed by atoms with Crippen molar-refractivity contribution < 1.29 is 9.59 Å². The number of rotatable bonds is 6. The third kappa shape index (κ3) is 5.70. The molecule has 0 bridgehead atoms. The zero-order valence-corrected chi connectivity index (χ0v) is 21.4. The summed E-state index contributed by atoms with van der Waals surface area (Å²) in [6, 6.07) is 20.2. The maximum Gasteiger partial charge on any atom is 0.253 e. The van der Waals surface area contributed by atoms with E-state index in [1.807, 2.05) is 47.4 Å². The highest BCUT2D eigenvalue weighted by Gasteiger charge is 2.23. The van der Waals surface area contributed by atoms with Gasteiger partial charge in [0.2, 0.25) is 5.91 Å². The monoisotopic (exact) mass is 501 g/mol. The second-order valence-electron chi connectivity index (χ2n) is 9.24. The Morgan fingerprint density at radius 3 is 2.17 bits per heavy atom. The Bertz CT molecular complexity index is 1200. The third-order valence-electron chi connectivity index (χ3n) is 6.77. The molecule has 2 amide bonds. The van der Waals surface area contributed by atoms with Gasteiger partial charge < -0.3 is 14.7 Å². The molecule has 0 saturated carbocycles. The summed E-state index contributed by atoms with van der Waals surface area (Å²) in [6.07, 6.45) is 2.40. The summed E-state index contributed by atoms with van der Waals surface area (Å²) in [5.74, 6) is 1.81. The molecule has 2 aromatic carbocycles. The van der Waals surface area contributed by atoms with Crippen LogP contribution in [0.4, 0.5) is 5.82 Å². The van der Waals surface area contributed by atoms with Crippen LogP contribution in [-0.4, -0.2) is 70.9 Å². The van der Waals surface area contributed by atoms with E-state index in [9.17, 15) is 9.59 Å². The largest absolute Gasteiger partial charge is 0.356 e. The van der Waals surface area contributed by atoms with Crippen LogP contribution in [0, 0.1) is 0 Å². The van der Waals surface area contributed by atoms with E-state index in [2.05, 4.69) is 23.1 Å². The van der Waals surface area contributed by atoms with Crippen molar-refractivity contribution in [3.05, 3.63) is 71.8 Å². The molecular formula is C28H31N5O2S. The van der Waals surface area contributed by atoms with Crippen LogP contribution in [0.3, 0.4) is 0 Å². The van der Waals surface area contributed by atoms with Crippen molar-refractivity contribution in [1.29, 1.82) is 0 Å². The van der Waals surface area contributed by atoms with Crippen molar-refractivity contribution in [3.8, 4) is 11.3 Å². The normalized spacial score (nSPS) is 15.9.